The zero-order chi connectivity index (χ0) is 11.5. The molecule has 0 spiro atoms. The summed E-state index contributed by atoms with van der Waals surface area (Å²) >= 11 is 3.54. The second-order valence-corrected chi connectivity index (χ2v) is 4.11. The summed E-state index contributed by atoms with van der Waals surface area (Å²) in [6, 6.07) is 7.22. The Kier molecular flexibility index (Phi) is 3.19. The van der Waals surface area contributed by atoms with Crippen LogP contribution in [-0.2, 0) is 0 Å². The summed E-state index contributed by atoms with van der Waals surface area (Å²) in [5, 5.41) is 2.70. The van der Waals surface area contributed by atoms with Crippen LogP contribution < -0.4 is 10.1 Å². The summed E-state index contributed by atoms with van der Waals surface area (Å²) in [4.78, 5) is 10.6. The van der Waals surface area contributed by atoms with Crippen molar-refractivity contribution in [1.29, 1.82) is 0 Å². The molecule has 16 heavy (non-hydrogen) atoms. The van der Waals surface area contributed by atoms with Crippen LogP contribution in [0.4, 0.5) is 10.5 Å². The van der Waals surface area contributed by atoms with Crippen molar-refractivity contribution in [3.8, 4) is 5.75 Å². The van der Waals surface area contributed by atoms with Gasteiger partial charge in [0.1, 0.15) is 5.75 Å². The molecule has 0 unspecified atom stereocenters. The topological polar surface area (TPSA) is 38.3 Å². The molecular formula is C12H13NO2S. The SMILES string of the molecule is CC(Nc1ccc(OC(=O)S)cc1)=C1CC1. The number of anilines is 1. The van der Waals surface area contributed by atoms with Crippen molar-refractivity contribution in [2.24, 2.45) is 0 Å². The smallest absolute Gasteiger partial charge is 0.369 e. The first-order valence-electron chi connectivity index (χ1n) is 5.11. The van der Waals surface area contributed by atoms with E-state index in [1.807, 2.05) is 12.1 Å². The number of ether oxygens (including phenoxy) is 1. The van der Waals surface area contributed by atoms with Crippen molar-refractivity contribution in [2.75, 3.05) is 5.32 Å². The van der Waals surface area contributed by atoms with Gasteiger partial charge in [0.05, 0.1) is 0 Å². The summed E-state index contributed by atoms with van der Waals surface area (Å²) in [5.41, 5.74) is 3.70. The molecule has 1 fully saturated rings. The fraction of sp³-hybridized carbons (Fsp3) is 0.250. The van der Waals surface area contributed by atoms with E-state index in [1.54, 1.807) is 12.1 Å². The first-order valence-corrected chi connectivity index (χ1v) is 5.56. The molecule has 0 amide bonds. The molecule has 1 saturated carbocycles. The second-order valence-electron chi connectivity index (χ2n) is 3.75. The van der Waals surface area contributed by atoms with Gasteiger partial charge in [0, 0.05) is 11.4 Å². The molecule has 1 aliphatic rings. The van der Waals surface area contributed by atoms with Gasteiger partial charge in [-0.2, -0.15) is 0 Å². The van der Waals surface area contributed by atoms with E-state index in [-0.39, 0.29) is 0 Å². The quantitative estimate of drug-likeness (QED) is 0.621. The molecule has 0 bridgehead atoms. The number of carbonyl (C=O) groups is 1. The molecule has 0 radical (unpaired) electrons. The maximum atomic E-state index is 10.6. The van der Waals surface area contributed by atoms with Crippen LogP contribution >= 0.6 is 12.6 Å². The van der Waals surface area contributed by atoms with Crippen LogP contribution in [0.3, 0.4) is 0 Å². The zero-order valence-corrected chi connectivity index (χ0v) is 9.88. The van der Waals surface area contributed by atoms with Crippen LogP contribution in [0.5, 0.6) is 5.75 Å². The molecule has 0 aliphatic heterocycles. The molecule has 0 aromatic heterocycles. The van der Waals surface area contributed by atoms with Gasteiger partial charge in [-0.1, -0.05) is 18.2 Å². The molecular weight excluding hydrogens is 222 g/mol. The van der Waals surface area contributed by atoms with Gasteiger partial charge in [-0.25, -0.2) is 4.79 Å². The highest BCUT2D eigenvalue weighted by atomic mass is 32.1. The van der Waals surface area contributed by atoms with Gasteiger partial charge in [-0.15, -0.1) is 0 Å². The van der Waals surface area contributed by atoms with E-state index in [9.17, 15) is 4.79 Å². The third-order valence-electron chi connectivity index (χ3n) is 2.42. The van der Waals surface area contributed by atoms with Crippen LogP contribution in [0.15, 0.2) is 35.5 Å². The standard InChI is InChI=1S/C12H13NO2S/c1-8(9-2-3-9)13-10-4-6-11(7-5-10)15-12(14)16/h4-7,13H,2-3H2,1H3,(H,14,16). The normalized spacial score (nSPS) is 13.2. The number of benzene rings is 1. The lowest BCUT2D eigenvalue weighted by molar-refractivity contribution is 0.227. The van der Waals surface area contributed by atoms with Crippen molar-refractivity contribution >= 4 is 23.6 Å². The minimum Gasteiger partial charge on any atom is -0.419 e. The molecule has 0 atom stereocenters. The summed E-state index contributed by atoms with van der Waals surface area (Å²) < 4.78 is 4.82. The lowest BCUT2D eigenvalue weighted by atomic mass is 10.3. The molecule has 0 heterocycles. The Morgan fingerprint density at radius 1 is 1.31 bits per heavy atom. The van der Waals surface area contributed by atoms with Crippen LogP contribution in [0.25, 0.3) is 0 Å². The molecule has 1 aromatic carbocycles. The van der Waals surface area contributed by atoms with Gasteiger partial charge in [0.15, 0.2) is 0 Å². The van der Waals surface area contributed by atoms with Crippen molar-refractivity contribution in [3.05, 3.63) is 35.5 Å². The minimum absolute atomic E-state index is 0.502. The molecule has 4 heteroatoms. The first kappa shape index (κ1) is 11.1. The van der Waals surface area contributed by atoms with E-state index >= 15 is 0 Å². The lowest BCUT2D eigenvalue weighted by Gasteiger charge is -2.07. The average Bonchev–Trinajstić information content (AvgIpc) is 3.03. The third-order valence-corrected chi connectivity index (χ3v) is 2.51. The Hall–Kier alpha value is -1.42. The summed E-state index contributed by atoms with van der Waals surface area (Å²) in [7, 11) is 0. The average molecular weight is 235 g/mol. The highest BCUT2D eigenvalue weighted by molar-refractivity contribution is 7.96. The molecule has 1 N–H and O–H groups in total. The van der Waals surface area contributed by atoms with Crippen molar-refractivity contribution < 1.29 is 9.53 Å². The minimum atomic E-state index is -0.600. The van der Waals surface area contributed by atoms with Crippen molar-refractivity contribution in [2.45, 2.75) is 19.8 Å². The van der Waals surface area contributed by atoms with Crippen LogP contribution in [0.2, 0.25) is 0 Å². The second kappa shape index (κ2) is 4.61. The number of rotatable bonds is 3. The fourth-order valence-corrected chi connectivity index (χ4v) is 1.55. The number of hydrogen-bond donors (Lipinski definition) is 2. The van der Waals surface area contributed by atoms with Gasteiger partial charge < -0.3 is 10.1 Å². The van der Waals surface area contributed by atoms with Gasteiger partial charge in [-0.05, 0) is 44.0 Å². The van der Waals surface area contributed by atoms with E-state index in [0.717, 1.165) is 5.69 Å². The van der Waals surface area contributed by atoms with Gasteiger partial charge in [0.2, 0.25) is 0 Å². The molecule has 1 aromatic rings. The van der Waals surface area contributed by atoms with Crippen LogP contribution in [0.1, 0.15) is 19.8 Å². The molecule has 1 aliphatic carbocycles. The van der Waals surface area contributed by atoms with E-state index in [2.05, 4.69) is 24.9 Å². The molecule has 3 nitrogen and oxygen atoms in total. The Morgan fingerprint density at radius 3 is 2.44 bits per heavy atom. The third kappa shape index (κ3) is 3.03. The van der Waals surface area contributed by atoms with Crippen LogP contribution in [-0.4, -0.2) is 5.30 Å². The van der Waals surface area contributed by atoms with E-state index in [1.165, 1.54) is 24.1 Å². The summed E-state index contributed by atoms with van der Waals surface area (Å²) in [5.74, 6) is 0.502. The van der Waals surface area contributed by atoms with Crippen LogP contribution in [0, 0.1) is 0 Å². The number of carbonyl (C=O) groups excluding carboxylic acids is 1. The Balaban J connectivity index is 2.01. The Morgan fingerprint density at radius 2 is 1.94 bits per heavy atom. The number of allylic oxidation sites excluding steroid dienone is 2. The van der Waals surface area contributed by atoms with E-state index < -0.39 is 5.30 Å². The first-order chi connectivity index (χ1) is 7.65. The number of nitrogens with one attached hydrogen (secondary N) is 1. The number of hydrogen-bond acceptors (Lipinski definition) is 3. The fourth-order valence-electron chi connectivity index (χ4n) is 1.45. The van der Waals surface area contributed by atoms with Gasteiger partial charge >= 0.3 is 5.30 Å². The van der Waals surface area contributed by atoms with E-state index in [0.29, 0.717) is 5.75 Å². The van der Waals surface area contributed by atoms with Crippen molar-refractivity contribution in [1.82, 2.24) is 0 Å². The molecule has 84 valence electrons. The summed E-state index contributed by atoms with van der Waals surface area (Å²) in [6.07, 6.45) is 2.41. The van der Waals surface area contributed by atoms with Gasteiger partial charge in [-0.3, -0.25) is 0 Å². The van der Waals surface area contributed by atoms with Crippen molar-refractivity contribution in [3.63, 3.8) is 0 Å². The van der Waals surface area contributed by atoms with Gasteiger partial charge in [0.25, 0.3) is 0 Å². The lowest BCUT2D eigenvalue weighted by Crippen LogP contribution is -1.98. The highest BCUT2D eigenvalue weighted by Crippen LogP contribution is 2.31. The predicted octanol–water partition coefficient (Wildman–Crippen LogP) is 3.59. The summed E-state index contributed by atoms with van der Waals surface area (Å²) in [6.45, 7) is 2.07. The Bertz CT molecular complexity index is 431. The highest BCUT2D eigenvalue weighted by Gasteiger charge is 2.14. The number of thiol groups is 1. The largest absolute Gasteiger partial charge is 0.419 e. The maximum Gasteiger partial charge on any atom is 0.369 e. The van der Waals surface area contributed by atoms with E-state index in [4.69, 9.17) is 4.74 Å². The molecule has 0 saturated heterocycles. The monoisotopic (exact) mass is 235 g/mol. The maximum absolute atomic E-state index is 10.6. The zero-order valence-electron chi connectivity index (χ0n) is 8.99. The molecule has 2 rings (SSSR count). The predicted molar refractivity (Wildman–Crippen MR) is 67.0 cm³/mol. The Labute approximate surface area is 99.9 Å².